The minimum absolute atomic E-state index is 0.0345. The van der Waals surface area contributed by atoms with Crippen LogP contribution in [0, 0.1) is 11.3 Å². The summed E-state index contributed by atoms with van der Waals surface area (Å²) >= 11 is 0. The van der Waals surface area contributed by atoms with Crippen LogP contribution in [-0.2, 0) is 0 Å². The zero-order valence-electron chi connectivity index (χ0n) is 9.34. The van der Waals surface area contributed by atoms with E-state index in [1.165, 1.54) is 6.20 Å². The second-order valence-corrected chi connectivity index (χ2v) is 3.66. The number of nitrogens with two attached hydrogens (primary N) is 1. The molecule has 86 valence electrons. The molecule has 0 aliphatic rings. The molecular weight excluding hydrogens is 216 g/mol. The lowest BCUT2D eigenvalue weighted by atomic mass is 10.2. The van der Waals surface area contributed by atoms with Crippen molar-refractivity contribution in [3.8, 4) is 6.07 Å². The summed E-state index contributed by atoms with van der Waals surface area (Å²) in [6.45, 7) is 1.94. The van der Waals surface area contributed by atoms with Gasteiger partial charge in [0.05, 0.1) is 23.6 Å². The summed E-state index contributed by atoms with van der Waals surface area (Å²) in [6.07, 6.45) is 3.09. The van der Waals surface area contributed by atoms with E-state index in [1.54, 1.807) is 12.3 Å². The van der Waals surface area contributed by atoms with Crippen LogP contribution in [0.25, 0.3) is 0 Å². The van der Waals surface area contributed by atoms with Crippen molar-refractivity contribution >= 4 is 11.5 Å². The minimum Gasteiger partial charge on any atom is -0.467 e. The average Bonchev–Trinajstić information content (AvgIpc) is 2.85. The molecule has 0 saturated heterocycles. The molecule has 3 N–H and O–H groups in total. The Morgan fingerprint density at radius 2 is 2.41 bits per heavy atom. The molecule has 0 saturated carbocycles. The van der Waals surface area contributed by atoms with E-state index in [-0.39, 0.29) is 6.04 Å². The number of rotatable bonds is 3. The largest absolute Gasteiger partial charge is 0.467 e. The molecular formula is C12H12N4O. The van der Waals surface area contributed by atoms with Gasteiger partial charge in [-0.15, -0.1) is 0 Å². The normalized spacial score (nSPS) is 11.8. The third-order valence-corrected chi connectivity index (χ3v) is 2.37. The maximum Gasteiger partial charge on any atom is 0.149 e. The molecule has 0 aromatic carbocycles. The fraction of sp³-hybridized carbons (Fsp3) is 0.167. The highest BCUT2D eigenvalue weighted by Crippen LogP contribution is 2.22. The number of nitrogens with zero attached hydrogens (tertiary/aromatic N) is 2. The zero-order valence-corrected chi connectivity index (χ0v) is 9.34. The van der Waals surface area contributed by atoms with Gasteiger partial charge in [-0.2, -0.15) is 5.26 Å². The van der Waals surface area contributed by atoms with Gasteiger partial charge in [0, 0.05) is 6.20 Å². The molecule has 0 fully saturated rings. The molecule has 2 aromatic rings. The third kappa shape index (κ3) is 2.37. The van der Waals surface area contributed by atoms with Crippen LogP contribution >= 0.6 is 0 Å². The Kier molecular flexibility index (Phi) is 2.97. The highest BCUT2D eigenvalue weighted by Gasteiger charge is 2.10. The van der Waals surface area contributed by atoms with Crippen LogP contribution in [0.15, 0.2) is 35.1 Å². The molecule has 1 unspecified atom stereocenters. The monoisotopic (exact) mass is 228 g/mol. The Bertz CT molecular complexity index is 542. The van der Waals surface area contributed by atoms with E-state index >= 15 is 0 Å². The summed E-state index contributed by atoms with van der Waals surface area (Å²) in [5.74, 6) is 1.35. The Morgan fingerprint density at radius 3 is 3.00 bits per heavy atom. The maximum absolute atomic E-state index is 8.70. The number of nitriles is 1. The summed E-state index contributed by atoms with van der Waals surface area (Å²) in [5.41, 5.74) is 6.68. The summed E-state index contributed by atoms with van der Waals surface area (Å²) in [7, 11) is 0. The van der Waals surface area contributed by atoms with Crippen LogP contribution in [0.4, 0.5) is 11.5 Å². The van der Waals surface area contributed by atoms with Crippen molar-refractivity contribution in [1.82, 2.24) is 4.98 Å². The smallest absolute Gasteiger partial charge is 0.149 e. The number of furan rings is 1. The lowest BCUT2D eigenvalue weighted by Crippen LogP contribution is -2.09. The molecule has 5 nitrogen and oxygen atoms in total. The Morgan fingerprint density at radius 1 is 1.59 bits per heavy atom. The van der Waals surface area contributed by atoms with Gasteiger partial charge in [0.25, 0.3) is 0 Å². The molecule has 0 spiro atoms. The van der Waals surface area contributed by atoms with Crippen molar-refractivity contribution in [3.05, 3.63) is 42.0 Å². The van der Waals surface area contributed by atoms with Crippen LogP contribution in [-0.4, -0.2) is 4.98 Å². The molecule has 2 aromatic heterocycles. The molecule has 17 heavy (non-hydrogen) atoms. The van der Waals surface area contributed by atoms with Gasteiger partial charge in [0.2, 0.25) is 0 Å². The topological polar surface area (TPSA) is 87.9 Å². The van der Waals surface area contributed by atoms with Crippen molar-refractivity contribution in [3.63, 3.8) is 0 Å². The van der Waals surface area contributed by atoms with Crippen molar-refractivity contribution in [1.29, 1.82) is 5.26 Å². The van der Waals surface area contributed by atoms with Gasteiger partial charge in [0.15, 0.2) is 0 Å². The van der Waals surface area contributed by atoms with Gasteiger partial charge < -0.3 is 15.5 Å². The lowest BCUT2D eigenvalue weighted by Gasteiger charge is -2.13. The number of nitrogen functional groups attached to an aromatic ring is 1. The van der Waals surface area contributed by atoms with E-state index in [0.717, 1.165) is 5.76 Å². The van der Waals surface area contributed by atoms with E-state index < -0.39 is 0 Å². The van der Waals surface area contributed by atoms with Gasteiger partial charge in [-0.3, -0.25) is 0 Å². The van der Waals surface area contributed by atoms with Crippen molar-refractivity contribution < 1.29 is 4.42 Å². The third-order valence-electron chi connectivity index (χ3n) is 2.37. The lowest BCUT2D eigenvalue weighted by molar-refractivity contribution is 0.490. The standard InChI is InChI=1S/C12H12N4O/c1-8(11-3-2-4-17-11)16-12-10(14)5-9(6-13)7-15-12/h2-5,7-8H,14H2,1H3,(H,15,16). The molecule has 1 atom stereocenters. The minimum atomic E-state index is -0.0345. The Hall–Kier alpha value is -2.48. The van der Waals surface area contributed by atoms with E-state index in [1.807, 2.05) is 25.1 Å². The van der Waals surface area contributed by atoms with Crippen LogP contribution in [0.3, 0.4) is 0 Å². The van der Waals surface area contributed by atoms with Gasteiger partial charge >= 0.3 is 0 Å². The molecule has 0 aliphatic heterocycles. The predicted molar refractivity (Wildman–Crippen MR) is 64.1 cm³/mol. The van der Waals surface area contributed by atoms with Crippen LogP contribution in [0.2, 0.25) is 0 Å². The summed E-state index contributed by atoms with van der Waals surface area (Å²) < 4.78 is 5.27. The second kappa shape index (κ2) is 4.58. The van der Waals surface area contributed by atoms with E-state index in [4.69, 9.17) is 15.4 Å². The number of anilines is 2. The summed E-state index contributed by atoms with van der Waals surface area (Å²) in [5, 5.41) is 11.8. The molecule has 0 aliphatic carbocycles. The van der Waals surface area contributed by atoms with Gasteiger partial charge in [0.1, 0.15) is 17.6 Å². The van der Waals surface area contributed by atoms with Gasteiger partial charge in [-0.1, -0.05) is 0 Å². The van der Waals surface area contributed by atoms with Crippen LogP contribution in [0.5, 0.6) is 0 Å². The molecule has 2 rings (SSSR count). The van der Waals surface area contributed by atoms with Crippen LogP contribution in [0.1, 0.15) is 24.3 Å². The number of nitrogens with one attached hydrogen (secondary N) is 1. The van der Waals surface area contributed by atoms with Crippen molar-refractivity contribution in [2.75, 3.05) is 11.1 Å². The molecule has 2 heterocycles. The van der Waals surface area contributed by atoms with Crippen molar-refractivity contribution in [2.24, 2.45) is 0 Å². The van der Waals surface area contributed by atoms with E-state index in [0.29, 0.717) is 17.1 Å². The van der Waals surface area contributed by atoms with Crippen LogP contribution < -0.4 is 11.1 Å². The van der Waals surface area contributed by atoms with E-state index in [2.05, 4.69) is 10.3 Å². The maximum atomic E-state index is 8.70. The van der Waals surface area contributed by atoms with Gasteiger partial charge in [-0.05, 0) is 25.1 Å². The molecule has 5 heteroatoms. The fourth-order valence-corrected chi connectivity index (χ4v) is 1.48. The summed E-state index contributed by atoms with van der Waals surface area (Å²) in [6, 6.07) is 7.24. The Labute approximate surface area is 98.9 Å². The average molecular weight is 228 g/mol. The first kappa shape index (κ1) is 11.0. The Balaban J connectivity index is 2.17. The number of aromatic nitrogens is 1. The molecule has 0 bridgehead atoms. The quantitative estimate of drug-likeness (QED) is 0.841. The fourth-order valence-electron chi connectivity index (χ4n) is 1.48. The highest BCUT2D eigenvalue weighted by molar-refractivity contribution is 5.63. The predicted octanol–water partition coefficient (Wildman–Crippen LogP) is 2.30. The molecule has 0 radical (unpaired) electrons. The van der Waals surface area contributed by atoms with Gasteiger partial charge in [-0.25, -0.2) is 4.98 Å². The SMILES string of the molecule is CC(Nc1ncc(C#N)cc1N)c1ccco1. The first-order chi connectivity index (χ1) is 8.20. The highest BCUT2D eigenvalue weighted by atomic mass is 16.3. The molecule has 0 amide bonds. The van der Waals surface area contributed by atoms with E-state index in [9.17, 15) is 0 Å². The first-order valence-corrected chi connectivity index (χ1v) is 5.16. The summed E-state index contributed by atoms with van der Waals surface area (Å²) in [4.78, 5) is 4.10. The van der Waals surface area contributed by atoms with Crippen molar-refractivity contribution in [2.45, 2.75) is 13.0 Å². The first-order valence-electron chi connectivity index (χ1n) is 5.16. The number of pyridine rings is 1. The second-order valence-electron chi connectivity index (χ2n) is 3.66. The zero-order chi connectivity index (χ0) is 12.3. The number of hydrogen-bond donors (Lipinski definition) is 2. The number of hydrogen-bond acceptors (Lipinski definition) is 5.